The Balaban J connectivity index is 0.00000616. The van der Waals surface area contributed by atoms with E-state index >= 15 is 0 Å². The third-order valence-electron chi connectivity index (χ3n) is 7.24. The number of anilines is 1. The van der Waals surface area contributed by atoms with E-state index in [0.717, 1.165) is 25.1 Å². The first-order valence-electron chi connectivity index (χ1n) is 15.3. The number of rotatable bonds is 21. The average molecular weight is 662 g/mol. The molecule has 3 aromatic rings. The number of hydrogen-bond acceptors (Lipinski definition) is 5. The molecule has 6 nitrogen and oxygen atoms in total. The van der Waals surface area contributed by atoms with Gasteiger partial charge in [0, 0.05) is 18.2 Å². The zero-order chi connectivity index (χ0) is 29.1. The normalized spacial score (nSPS) is 10.6. The van der Waals surface area contributed by atoms with Gasteiger partial charge in [-0.2, -0.15) is 4.57 Å². The predicted octanol–water partition coefficient (Wildman–Crippen LogP) is 5.50. The number of unbranched alkanes of at least 4 members (excludes halogenated alkanes) is 11. The highest BCUT2D eigenvalue weighted by Crippen LogP contribution is 2.37. The Morgan fingerprint density at radius 2 is 1.45 bits per heavy atom. The second-order valence-electron chi connectivity index (χ2n) is 10.7. The Hall–Kier alpha value is -2.58. The van der Waals surface area contributed by atoms with E-state index in [9.17, 15) is 4.79 Å². The Bertz CT molecular complexity index is 1150. The highest BCUT2D eigenvalue weighted by molar-refractivity contribution is 7.07. The molecular formula is C34H49BrN2O4S. The topological polar surface area (TPSA) is 60.7 Å². The molecule has 0 saturated carbocycles. The molecule has 0 fully saturated rings. The van der Waals surface area contributed by atoms with Crippen molar-refractivity contribution in [3.8, 4) is 17.2 Å². The number of aromatic nitrogens is 1. The number of carbonyl (C=O) groups is 1. The van der Waals surface area contributed by atoms with Crippen LogP contribution in [0.5, 0.6) is 17.2 Å². The van der Waals surface area contributed by atoms with Crippen molar-refractivity contribution in [3.63, 3.8) is 0 Å². The lowest BCUT2D eigenvalue weighted by Gasteiger charge is -2.15. The summed E-state index contributed by atoms with van der Waals surface area (Å²) in [5.41, 5.74) is 5.26. The second kappa shape index (κ2) is 21.2. The van der Waals surface area contributed by atoms with Crippen LogP contribution in [0.2, 0.25) is 0 Å². The zero-order valence-electron chi connectivity index (χ0n) is 25.7. The minimum absolute atomic E-state index is 0. The van der Waals surface area contributed by atoms with Crippen LogP contribution in [0.3, 0.4) is 0 Å². The van der Waals surface area contributed by atoms with Crippen LogP contribution in [0.1, 0.15) is 95.2 Å². The van der Waals surface area contributed by atoms with Crippen LogP contribution in [0.25, 0.3) is 0 Å². The summed E-state index contributed by atoms with van der Waals surface area (Å²) in [4.78, 5) is 12.6. The van der Waals surface area contributed by atoms with E-state index in [1.807, 2.05) is 42.5 Å². The minimum Gasteiger partial charge on any atom is -1.00 e. The van der Waals surface area contributed by atoms with Crippen LogP contribution in [0, 0.1) is 6.92 Å². The van der Waals surface area contributed by atoms with Crippen molar-refractivity contribution in [2.45, 2.75) is 97.4 Å². The van der Waals surface area contributed by atoms with Gasteiger partial charge in [-0.15, -0.1) is 0 Å². The van der Waals surface area contributed by atoms with E-state index < -0.39 is 0 Å². The van der Waals surface area contributed by atoms with E-state index in [1.54, 1.807) is 18.4 Å². The summed E-state index contributed by atoms with van der Waals surface area (Å²) in [5.74, 6) is 1.44. The van der Waals surface area contributed by atoms with Crippen molar-refractivity contribution in [2.24, 2.45) is 0 Å². The number of ether oxygens (including phenoxy) is 3. The van der Waals surface area contributed by atoms with Gasteiger partial charge in [-0.3, -0.25) is 4.79 Å². The molecule has 1 amide bonds. The van der Waals surface area contributed by atoms with E-state index in [2.05, 4.69) is 34.6 Å². The van der Waals surface area contributed by atoms with Crippen LogP contribution in [-0.2, 0) is 11.3 Å². The number of aryl methyl sites for hydroxylation is 1. The van der Waals surface area contributed by atoms with Gasteiger partial charge in [-0.05, 0) is 30.7 Å². The van der Waals surface area contributed by atoms with Crippen LogP contribution < -0.4 is 41.1 Å². The molecule has 2 aromatic carbocycles. The molecule has 8 heteroatoms. The SMILES string of the molecule is CCCCCCCCCCCCCCOc1c(OC)cccc1OCC(=O)Nc1ccc(C[n+]2cscc2C)cc1.[Br-]. The fourth-order valence-corrected chi connectivity index (χ4v) is 5.56. The molecule has 0 spiro atoms. The fourth-order valence-electron chi connectivity index (χ4n) is 4.78. The number of amides is 1. The monoisotopic (exact) mass is 660 g/mol. The molecule has 0 aliphatic heterocycles. The van der Waals surface area contributed by atoms with Crippen molar-refractivity contribution < 1.29 is 40.6 Å². The van der Waals surface area contributed by atoms with Crippen molar-refractivity contribution in [3.05, 3.63) is 64.6 Å². The number of thiazole rings is 1. The van der Waals surface area contributed by atoms with Crippen molar-refractivity contribution in [1.82, 2.24) is 0 Å². The Morgan fingerprint density at radius 1 is 0.833 bits per heavy atom. The number of halogens is 1. The zero-order valence-corrected chi connectivity index (χ0v) is 28.1. The van der Waals surface area contributed by atoms with Gasteiger partial charge >= 0.3 is 0 Å². The first kappa shape index (κ1) is 35.6. The molecule has 0 saturated heterocycles. The van der Waals surface area contributed by atoms with Gasteiger partial charge in [-0.1, -0.05) is 107 Å². The molecule has 0 aliphatic carbocycles. The number of carbonyl (C=O) groups excluding carboxylic acids is 1. The van der Waals surface area contributed by atoms with Gasteiger partial charge in [0.05, 0.1) is 19.1 Å². The van der Waals surface area contributed by atoms with Crippen molar-refractivity contribution >= 4 is 22.9 Å². The number of nitrogens with one attached hydrogen (secondary N) is 1. The van der Waals surface area contributed by atoms with E-state index in [1.165, 1.54) is 75.5 Å². The molecule has 0 bridgehead atoms. The maximum Gasteiger partial charge on any atom is 0.262 e. The minimum atomic E-state index is -0.226. The summed E-state index contributed by atoms with van der Waals surface area (Å²) in [6.07, 6.45) is 15.6. The average Bonchev–Trinajstić information content (AvgIpc) is 3.39. The smallest absolute Gasteiger partial charge is 0.262 e. The lowest BCUT2D eigenvalue weighted by Crippen LogP contribution is -3.00. The summed E-state index contributed by atoms with van der Waals surface area (Å²) in [6.45, 7) is 5.65. The number of methoxy groups -OCH3 is 1. The van der Waals surface area contributed by atoms with Crippen LogP contribution in [-0.4, -0.2) is 26.2 Å². The summed E-state index contributed by atoms with van der Waals surface area (Å²) in [7, 11) is 1.62. The van der Waals surface area contributed by atoms with Gasteiger partial charge in [0.15, 0.2) is 30.3 Å². The van der Waals surface area contributed by atoms with E-state index in [-0.39, 0.29) is 29.5 Å². The maximum absolute atomic E-state index is 12.6. The molecule has 42 heavy (non-hydrogen) atoms. The molecule has 1 aromatic heterocycles. The lowest BCUT2D eigenvalue weighted by molar-refractivity contribution is -0.689. The molecule has 1 heterocycles. The lowest BCUT2D eigenvalue weighted by atomic mass is 10.1. The van der Waals surface area contributed by atoms with Crippen molar-refractivity contribution in [1.29, 1.82) is 0 Å². The quantitative estimate of drug-likeness (QED) is 0.121. The van der Waals surface area contributed by atoms with Gasteiger partial charge in [0.25, 0.3) is 5.91 Å². The molecule has 0 atom stereocenters. The molecule has 1 N–H and O–H groups in total. The first-order valence-corrected chi connectivity index (χ1v) is 16.3. The summed E-state index contributed by atoms with van der Waals surface area (Å²) in [6, 6.07) is 13.4. The summed E-state index contributed by atoms with van der Waals surface area (Å²) in [5, 5.41) is 5.04. The third kappa shape index (κ3) is 13.2. The maximum atomic E-state index is 12.6. The Kier molecular flexibility index (Phi) is 17.9. The molecule has 232 valence electrons. The Morgan fingerprint density at radius 3 is 2.05 bits per heavy atom. The largest absolute Gasteiger partial charge is 1.00 e. The summed E-state index contributed by atoms with van der Waals surface area (Å²) >= 11 is 1.69. The Labute approximate surface area is 267 Å². The molecular weight excluding hydrogens is 612 g/mol. The van der Waals surface area contributed by atoms with Crippen LogP contribution in [0.15, 0.2) is 53.4 Å². The standard InChI is InChI=1S/C34H48N2O4S.BrH/c1-4-5-6-7-8-9-10-11-12-13-14-15-23-39-34-31(38-3)17-16-18-32(34)40-25-33(37)35-30-21-19-29(20-22-30)24-36-27-41-26-28(36)2;/h16-22,26-27H,4-15,23-25H2,1-3H3;1H. The highest BCUT2D eigenvalue weighted by atomic mass is 79.9. The van der Waals surface area contributed by atoms with Gasteiger partial charge in [-0.25, -0.2) is 0 Å². The number of para-hydroxylation sites is 1. The van der Waals surface area contributed by atoms with E-state index in [0.29, 0.717) is 23.9 Å². The van der Waals surface area contributed by atoms with Gasteiger partial charge < -0.3 is 36.5 Å². The number of hydrogen-bond donors (Lipinski definition) is 1. The van der Waals surface area contributed by atoms with Gasteiger partial charge in [0.2, 0.25) is 11.3 Å². The number of benzene rings is 2. The highest BCUT2D eigenvalue weighted by Gasteiger charge is 2.14. The molecule has 0 unspecified atom stereocenters. The van der Waals surface area contributed by atoms with Crippen molar-refractivity contribution in [2.75, 3.05) is 25.6 Å². The van der Waals surface area contributed by atoms with E-state index in [4.69, 9.17) is 14.2 Å². The molecule has 0 aliphatic rings. The first-order chi connectivity index (χ1) is 20.1. The van der Waals surface area contributed by atoms with Gasteiger partial charge in [0.1, 0.15) is 0 Å². The fraction of sp³-hybridized carbons (Fsp3) is 0.529. The molecule has 3 rings (SSSR count). The molecule has 0 radical (unpaired) electrons. The summed E-state index contributed by atoms with van der Waals surface area (Å²) < 4.78 is 19.7. The number of nitrogens with zero attached hydrogens (tertiary/aromatic N) is 1. The van der Waals surface area contributed by atoms with Crippen LogP contribution >= 0.6 is 11.3 Å². The third-order valence-corrected chi connectivity index (χ3v) is 8.09. The van der Waals surface area contributed by atoms with Crippen LogP contribution in [0.4, 0.5) is 5.69 Å². The second-order valence-corrected chi connectivity index (χ2v) is 11.4. The predicted molar refractivity (Wildman–Crippen MR) is 168 cm³/mol.